The van der Waals surface area contributed by atoms with Crippen molar-refractivity contribution < 1.29 is 82.5 Å². The monoisotopic (exact) mass is 689 g/mol. The van der Waals surface area contributed by atoms with Crippen molar-refractivity contribution in [2.24, 2.45) is 5.92 Å². The van der Waals surface area contributed by atoms with Crippen molar-refractivity contribution in [3.8, 4) is 0 Å². The second kappa shape index (κ2) is 13.9. The highest BCUT2D eigenvalue weighted by Crippen LogP contribution is 2.46. The van der Waals surface area contributed by atoms with Gasteiger partial charge in [0.05, 0.1) is 12.7 Å². The Bertz CT molecular complexity index is 1450. The van der Waals surface area contributed by atoms with Gasteiger partial charge in [-0.25, -0.2) is 13.7 Å². The number of aromatic amines is 1. The highest BCUT2D eigenvalue weighted by molar-refractivity contribution is 7.54. The summed E-state index contributed by atoms with van der Waals surface area (Å²) >= 11 is 0. The van der Waals surface area contributed by atoms with Gasteiger partial charge in [-0.1, -0.05) is 18.8 Å². The van der Waals surface area contributed by atoms with Crippen molar-refractivity contribution in [1.82, 2.24) is 20.0 Å². The van der Waals surface area contributed by atoms with Gasteiger partial charge < -0.3 is 55.0 Å². The van der Waals surface area contributed by atoms with Crippen LogP contribution in [0.4, 0.5) is 5.82 Å². The molecule has 0 saturated carbocycles. The first-order valence-electron chi connectivity index (χ1n) is 13.3. The minimum atomic E-state index is -4.98. The standard InChI is InChI=1S/C21H34N6O16P2/c1-7(2)12(30)15(33)19(34)26-45(38,39)42-10-3-8(29)20(41-10)27-6-24-11-17(22-5-23-18(11)27)25-44(36,37)43-16-14(32)13(31)9(4-28)40-21(16)35/h5-10,12-16,20-21,28-33,35H,3-4H2,1-2H3,(H4,22,23,25,26,34,36,37,38,39)/p+1/t8-,9+,10+,12-,13+,14-,15+,16+,20+,21+/m0/s1. The van der Waals surface area contributed by atoms with E-state index in [-0.39, 0.29) is 23.4 Å². The van der Waals surface area contributed by atoms with Gasteiger partial charge >= 0.3 is 21.1 Å². The first kappa shape index (κ1) is 35.6. The molecular weight excluding hydrogens is 654 g/mol. The number of aliphatic hydroxyl groups excluding tert-OH is 7. The Balaban J connectivity index is 1.45. The van der Waals surface area contributed by atoms with Crippen molar-refractivity contribution in [2.45, 2.75) is 81.8 Å². The third-order valence-electron chi connectivity index (χ3n) is 6.89. The SMILES string of the molecule is CC(C)[C@H](O)[C@@H](O)C(=O)NP(=O)(O)O[C@@H]1C[C@H](O)[C@H]([n+]2c[nH]c3c(NP(=O)(O)O[C@@H]4[C@@H](O)[C@H](O)[C@@H](CO)O[C@H]4O)ncnc32)O1. The third-order valence-corrected chi connectivity index (χ3v) is 8.94. The zero-order chi connectivity index (χ0) is 33.4. The Hall–Kier alpha value is -2.24. The molecule has 0 bridgehead atoms. The van der Waals surface area contributed by atoms with Crippen LogP contribution in [0.25, 0.3) is 11.2 Å². The Morgan fingerprint density at radius 2 is 1.80 bits per heavy atom. The zero-order valence-corrected chi connectivity index (χ0v) is 25.3. The normalized spacial score (nSPS) is 33.0. The lowest BCUT2D eigenvalue weighted by Gasteiger charge is -2.39. The molecule has 4 heterocycles. The molecule has 2 aliphatic rings. The fourth-order valence-corrected chi connectivity index (χ4v) is 6.50. The number of carbonyl (C=O) groups is 1. The number of H-pyrrole nitrogens is 1. The predicted octanol–water partition coefficient (Wildman–Crippen LogP) is -4.21. The van der Waals surface area contributed by atoms with E-state index in [9.17, 15) is 59.5 Å². The number of amides is 1. The number of nitrogens with one attached hydrogen (secondary N) is 3. The van der Waals surface area contributed by atoms with Gasteiger partial charge in [0, 0.05) is 6.42 Å². The van der Waals surface area contributed by atoms with Crippen LogP contribution in [0.15, 0.2) is 12.7 Å². The molecule has 0 aromatic carbocycles. The molecule has 254 valence electrons. The summed E-state index contributed by atoms with van der Waals surface area (Å²) in [5.41, 5.74) is -0.0829. The summed E-state index contributed by atoms with van der Waals surface area (Å²) < 4.78 is 46.8. The Morgan fingerprint density at radius 3 is 2.44 bits per heavy atom. The quantitative estimate of drug-likeness (QED) is 0.0742. The van der Waals surface area contributed by atoms with Crippen molar-refractivity contribution >= 4 is 38.4 Å². The summed E-state index contributed by atoms with van der Waals surface area (Å²) in [5, 5.41) is 73.5. The van der Waals surface area contributed by atoms with E-state index < -0.39 is 95.5 Å². The number of rotatable bonds is 12. The van der Waals surface area contributed by atoms with E-state index in [1.165, 1.54) is 24.7 Å². The maximum absolute atomic E-state index is 12.9. The highest BCUT2D eigenvalue weighted by Gasteiger charge is 2.48. The molecule has 4 rings (SSSR count). The molecule has 12 atom stereocenters. The lowest BCUT2D eigenvalue weighted by molar-refractivity contribution is -0.746. The molecular formula is C21H35N6O16P2+. The van der Waals surface area contributed by atoms with Crippen LogP contribution >= 0.6 is 15.5 Å². The van der Waals surface area contributed by atoms with Gasteiger partial charge in [0.2, 0.25) is 11.7 Å². The number of imidazole rings is 1. The lowest BCUT2D eigenvalue weighted by Crippen LogP contribution is -2.59. The van der Waals surface area contributed by atoms with E-state index in [0.29, 0.717) is 0 Å². The third kappa shape index (κ3) is 8.01. The van der Waals surface area contributed by atoms with Crippen LogP contribution in [-0.2, 0) is 32.4 Å². The van der Waals surface area contributed by atoms with Crippen LogP contribution in [0.1, 0.15) is 26.5 Å². The second-order valence-corrected chi connectivity index (χ2v) is 13.5. The first-order chi connectivity index (χ1) is 20.9. The fraction of sp³-hybridized carbons (Fsp3) is 0.714. The molecule has 0 radical (unpaired) electrons. The van der Waals surface area contributed by atoms with Crippen LogP contribution in [0.2, 0.25) is 0 Å². The Kier molecular flexibility index (Phi) is 11.0. The van der Waals surface area contributed by atoms with Crippen LogP contribution < -0.4 is 14.7 Å². The first-order valence-corrected chi connectivity index (χ1v) is 16.5. The number of hydrogen-bond acceptors (Lipinski definition) is 16. The molecule has 24 heteroatoms. The molecule has 1 amide bonds. The zero-order valence-electron chi connectivity index (χ0n) is 23.5. The van der Waals surface area contributed by atoms with Crippen LogP contribution in [0, 0.1) is 5.92 Å². The van der Waals surface area contributed by atoms with Crippen molar-refractivity contribution in [2.75, 3.05) is 11.7 Å². The smallest absolute Gasteiger partial charge is 0.394 e. The molecule has 22 nitrogen and oxygen atoms in total. The maximum atomic E-state index is 12.9. The molecule has 2 unspecified atom stereocenters. The second-order valence-electron chi connectivity index (χ2n) is 10.6. The van der Waals surface area contributed by atoms with Crippen LogP contribution in [0.3, 0.4) is 0 Å². The minimum absolute atomic E-state index is 0.0363. The van der Waals surface area contributed by atoms with E-state index in [0.717, 1.165) is 6.33 Å². The maximum Gasteiger partial charge on any atom is 0.434 e. The van der Waals surface area contributed by atoms with E-state index in [4.69, 9.17) is 18.5 Å². The van der Waals surface area contributed by atoms with Gasteiger partial charge in [0.25, 0.3) is 5.91 Å². The molecule has 2 aromatic rings. The molecule has 0 spiro atoms. The van der Waals surface area contributed by atoms with Gasteiger partial charge in [-0.05, 0) is 5.92 Å². The summed E-state index contributed by atoms with van der Waals surface area (Å²) in [6.07, 6.45) is -15.1. The predicted molar refractivity (Wildman–Crippen MR) is 143 cm³/mol. The topological polar surface area (TPSA) is 340 Å². The molecule has 2 aliphatic heterocycles. The summed E-state index contributed by atoms with van der Waals surface area (Å²) in [5.74, 6) is -2.27. The summed E-state index contributed by atoms with van der Waals surface area (Å²) in [6.45, 7) is 2.26. The number of nitrogens with zero attached hydrogens (tertiary/aromatic N) is 3. The van der Waals surface area contributed by atoms with Gasteiger partial charge in [-0.15, -0.1) is 0 Å². The van der Waals surface area contributed by atoms with E-state index >= 15 is 0 Å². The molecule has 2 saturated heterocycles. The van der Waals surface area contributed by atoms with Gasteiger partial charge in [-0.3, -0.25) is 29.0 Å². The number of carbonyl (C=O) groups excluding carboxylic acids is 1. The summed E-state index contributed by atoms with van der Waals surface area (Å²) in [4.78, 5) is 43.2. The lowest BCUT2D eigenvalue weighted by atomic mass is 9.99. The number of aliphatic hydroxyl groups is 7. The van der Waals surface area contributed by atoms with Crippen LogP contribution in [0.5, 0.6) is 0 Å². The van der Waals surface area contributed by atoms with Gasteiger partial charge in [-0.2, -0.15) is 4.98 Å². The number of fused-ring (bicyclic) bond motifs is 1. The largest absolute Gasteiger partial charge is 0.434 e. The van der Waals surface area contributed by atoms with E-state index in [2.05, 4.69) is 20.0 Å². The van der Waals surface area contributed by atoms with E-state index in [1.807, 2.05) is 0 Å². The molecule has 12 N–H and O–H groups in total. The molecule has 45 heavy (non-hydrogen) atoms. The minimum Gasteiger partial charge on any atom is -0.394 e. The van der Waals surface area contributed by atoms with E-state index in [1.54, 1.807) is 5.09 Å². The molecule has 0 aliphatic carbocycles. The van der Waals surface area contributed by atoms with Crippen molar-refractivity contribution in [3.05, 3.63) is 12.7 Å². The average Bonchev–Trinajstić information content (AvgIpc) is 3.54. The number of ether oxygens (including phenoxy) is 2. The van der Waals surface area contributed by atoms with Crippen LogP contribution in [-0.4, -0.2) is 128 Å². The molecule has 2 aromatic heterocycles. The summed E-state index contributed by atoms with van der Waals surface area (Å²) in [7, 11) is -9.95. The van der Waals surface area contributed by atoms with Crippen molar-refractivity contribution in [3.63, 3.8) is 0 Å². The number of hydrogen-bond donors (Lipinski definition) is 12. The number of aromatic nitrogens is 4. The highest BCUT2D eigenvalue weighted by atomic mass is 31.2. The van der Waals surface area contributed by atoms with Crippen molar-refractivity contribution in [1.29, 1.82) is 0 Å². The number of anilines is 1. The Labute approximate surface area is 253 Å². The Morgan fingerprint density at radius 1 is 1.11 bits per heavy atom. The summed E-state index contributed by atoms with van der Waals surface area (Å²) in [6, 6.07) is 0. The van der Waals surface area contributed by atoms with Gasteiger partial charge in [0.1, 0.15) is 30.5 Å². The average molecular weight is 689 g/mol. The molecule has 2 fully saturated rings. The van der Waals surface area contributed by atoms with Gasteiger partial charge in [0.15, 0.2) is 37.2 Å². The fourth-order valence-electron chi connectivity index (χ4n) is 4.53.